The molecular formula is C16H27N5. The quantitative estimate of drug-likeness (QED) is 0.891. The van der Waals surface area contributed by atoms with Gasteiger partial charge in [0.1, 0.15) is 5.82 Å². The summed E-state index contributed by atoms with van der Waals surface area (Å²) in [6.45, 7) is 3.62. The SMILES string of the molecule is Nc1ccnc(NC2CCCN(CC3CCCCC3)C2)n1. The Morgan fingerprint density at radius 3 is 2.86 bits per heavy atom. The average molecular weight is 289 g/mol. The zero-order valence-electron chi connectivity index (χ0n) is 12.8. The molecule has 0 aromatic carbocycles. The first-order chi connectivity index (χ1) is 10.3. The molecule has 3 N–H and O–H groups in total. The molecule has 1 atom stereocenters. The fraction of sp³-hybridized carbons (Fsp3) is 0.750. The summed E-state index contributed by atoms with van der Waals surface area (Å²) in [5, 5.41) is 3.45. The number of nitrogen functional groups attached to an aromatic ring is 1. The van der Waals surface area contributed by atoms with Crippen molar-refractivity contribution >= 4 is 11.8 Å². The van der Waals surface area contributed by atoms with E-state index in [9.17, 15) is 0 Å². The van der Waals surface area contributed by atoms with E-state index in [1.165, 1.54) is 58.0 Å². The molecule has 1 aliphatic heterocycles. The second-order valence-electron chi connectivity index (χ2n) is 6.55. The number of nitrogens with one attached hydrogen (secondary N) is 1. The molecule has 2 heterocycles. The van der Waals surface area contributed by atoms with Crippen molar-refractivity contribution < 1.29 is 0 Å². The van der Waals surface area contributed by atoms with E-state index < -0.39 is 0 Å². The van der Waals surface area contributed by atoms with Gasteiger partial charge >= 0.3 is 0 Å². The van der Waals surface area contributed by atoms with Crippen molar-refractivity contribution in [1.29, 1.82) is 0 Å². The van der Waals surface area contributed by atoms with Gasteiger partial charge in [-0.2, -0.15) is 4.98 Å². The number of anilines is 2. The zero-order valence-corrected chi connectivity index (χ0v) is 12.8. The van der Waals surface area contributed by atoms with Crippen molar-refractivity contribution in [3.05, 3.63) is 12.3 Å². The molecule has 1 aliphatic carbocycles. The smallest absolute Gasteiger partial charge is 0.224 e. The van der Waals surface area contributed by atoms with Crippen LogP contribution in [0.4, 0.5) is 11.8 Å². The number of aromatic nitrogens is 2. The minimum absolute atomic E-state index is 0.448. The van der Waals surface area contributed by atoms with Gasteiger partial charge in [0.05, 0.1) is 0 Å². The summed E-state index contributed by atoms with van der Waals surface area (Å²) in [6, 6.07) is 2.17. The van der Waals surface area contributed by atoms with Crippen molar-refractivity contribution in [3.8, 4) is 0 Å². The number of hydrogen-bond donors (Lipinski definition) is 2. The van der Waals surface area contributed by atoms with Crippen molar-refractivity contribution in [1.82, 2.24) is 14.9 Å². The molecular weight excluding hydrogens is 262 g/mol. The fourth-order valence-electron chi connectivity index (χ4n) is 3.70. The number of nitrogens with two attached hydrogens (primary N) is 1. The Labute approximate surface area is 127 Å². The van der Waals surface area contributed by atoms with E-state index in [-0.39, 0.29) is 0 Å². The van der Waals surface area contributed by atoms with Crippen molar-refractivity contribution in [2.24, 2.45) is 5.92 Å². The lowest BCUT2D eigenvalue weighted by atomic mass is 9.88. The third kappa shape index (κ3) is 4.30. The van der Waals surface area contributed by atoms with Crippen LogP contribution in [0, 0.1) is 5.92 Å². The Hall–Kier alpha value is -1.36. The predicted octanol–water partition coefficient (Wildman–Crippen LogP) is 2.52. The molecule has 1 unspecified atom stereocenters. The third-order valence-corrected chi connectivity index (χ3v) is 4.76. The highest BCUT2D eigenvalue weighted by atomic mass is 15.2. The van der Waals surface area contributed by atoms with Crippen LogP contribution in [0.15, 0.2) is 12.3 Å². The second-order valence-corrected chi connectivity index (χ2v) is 6.55. The number of rotatable bonds is 4. The molecule has 21 heavy (non-hydrogen) atoms. The number of likely N-dealkylation sites (tertiary alicyclic amines) is 1. The molecule has 5 nitrogen and oxygen atoms in total. The molecule has 0 spiro atoms. The van der Waals surface area contributed by atoms with Gasteiger partial charge in [-0.05, 0) is 44.2 Å². The van der Waals surface area contributed by atoms with Crippen LogP contribution < -0.4 is 11.1 Å². The summed E-state index contributed by atoms with van der Waals surface area (Å²) in [5.74, 6) is 2.11. The van der Waals surface area contributed by atoms with Gasteiger partial charge in [0, 0.05) is 25.3 Å². The van der Waals surface area contributed by atoms with E-state index >= 15 is 0 Å². The lowest BCUT2D eigenvalue weighted by Gasteiger charge is -2.36. The Morgan fingerprint density at radius 2 is 2.05 bits per heavy atom. The molecule has 116 valence electrons. The predicted molar refractivity (Wildman–Crippen MR) is 86.1 cm³/mol. The van der Waals surface area contributed by atoms with E-state index in [2.05, 4.69) is 20.2 Å². The Morgan fingerprint density at radius 1 is 1.19 bits per heavy atom. The summed E-state index contributed by atoms with van der Waals surface area (Å²) in [4.78, 5) is 11.1. The first-order valence-corrected chi connectivity index (χ1v) is 8.37. The minimum Gasteiger partial charge on any atom is -0.384 e. The Kier molecular flexibility index (Phi) is 4.91. The van der Waals surface area contributed by atoms with Gasteiger partial charge in [0.2, 0.25) is 5.95 Å². The highest BCUT2D eigenvalue weighted by Gasteiger charge is 2.23. The topological polar surface area (TPSA) is 67.1 Å². The van der Waals surface area contributed by atoms with Gasteiger partial charge in [-0.25, -0.2) is 4.98 Å². The summed E-state index contributed by atoms with van der Waals surface area (Å²) >= 11 is 0. The third-order valence-electron chi connectivity index (χ3n) is 4.76. The van der Waals surface area contributed by atoms with Gasteiger partial charge in [0.15, 0.2) is 0 Å². The molecule has 2 aliphatic rings. The summed E-state index contributed by atoms with van der Waals surface area (Å²) < 4.78 is 0. The van der Waals surface area contributed by atoms with E-state index in [1.54, 1.807) is 12.3 Å². The van der Waals surface area contributed by atoms with E-state index in [1.807, 2.05) is 0 Å². The number of nitrogens with zero attached hydrogens (tertiary/aromatic N) is 3. The maximum atomic E-state index is 5.71. The molecule has 0 radical (unpaired) electrons. The summed E-state index contributed by atoms with van der Waals surface area (Å²) in [5.41, 5.74) is 5.71. The van der Waals surface area contributed by atoms with Crippen molar-refractivity contribution in [3.63, 3.8) is 0 Å². The van der Waals surface area contributed by atoms with Crippen LogP contribution in [0.2, 0.25) is 0 Å². The maximum absolute atomic E-state index is 5.71. The summed E-state index contributed by atoms with van der Waals surface area (Å²) in [6.07, 6.45) is 11.3. The second kappa shape index (κ2) is 7.07. The normalized spacial score (nSPS) is 24.9. The summed E-state index contributed by atoms with van der Waals surface area (Å²) in [7, 11) is 0. The first kappa shape index (κ1) is 14.6. The molecule has 3 rings (SSSR count). The van der Waals surface area contributed by atoms with Crippen LogP contribution >= 0.6 is 0 Å². The van der Waals surface area contributed by atoms with Gasteiger partial charge in [-0.1, -0.05) is 19.3 Å². The van der Waals surface area contributed by atoms with Crippen LogP contribution in [-0.2, 0) is 0 Å². The average Bonchev–Trinajstić information content (AvgIpc) is 2.49. The van der Waals surface area contributed by atoms with Crippen LogP contribution in [0.1, 0.15) is 44.9 Å². The van der Waals surface area contributed by atoms with Gasteiger partial charge in [-0.15, -0.1) is 0 Å². The minimum atomic E-state index is 0.448. The molecule has 0 bridgehead atoms. The van der Waals surface area contributed by atoms with Crippen LogP contribution in [-0.4, -0.2) is 40.5 Å². The Bertz CT molecular complexity index is 444. The molecule has 2 fully saturated rings. The largest absolute Gasteiger partial charge is 0.384 e. The van der Waals surface area contributed by atoms with E-state index in [0.717, 1.165) is 12.5 Å². The van der Waals surface area contributed by atoms with Crippen LogP contribution in [0.5, 0.6) is 0 Å². The van der Waals surface area contributed by atoms with Crippen LogP contribution in [0.3, 0.4) is 0 Å². The van der Waals surface area contributed by atoms with Gasteiger partial charge in [0.25, 0.3) is 0 Å². The van der Waals surface area contributed by atoms with E-state index in [0.29, 0.717) is 17.8 Å². The number of piperidine rings is 1. The Balaban J connectivity index is 1.50. The van der Waals surface area contributed by atoms with Crippen molar-refractivity contribution in [2.75, 3.05) is 30.7 Å². The molecule has 1 aromatic rings. The molecule has 1 aromatic heterocycles. The monoisotopic (exact) mass is 289 g/mol. The van der Waals surface area contributed by atoms with E-state index in [4.69, 9.17) is 5.73 Å². The molecule has 0 amide bonds. The van der Waals surface area contributed by atoms with Gasteiger partial charge in [-0.3, -0.25) is 0 Å². The highest BCUT2D eigenvalue weighted by molar-refractivity contribution is 5.35. The van der Waals surface area contributed by atoms with Gasteiger partial charge < -0.3 is 16.0 Å². The lowest BCUT2D eigenvalue weighted by molar-refractivity contribution is 0.166. The standard InChI is InChI=1S/C16H27N5/c17-15-8-9-18-16(20-15)19-14-7-4-10-21(12-14)11-13-5-2-1-3-6-13/h8-9,13-14H,1-7,10-12H2,(H3,17,18,19,20). The maximum Gasteiger partial charge on any atom is 0.224 e. The lowest BCUT2D eigenvalue weighted by Crippen LogP contribution is -2.44. The highest BCUT2D eigenvalue weighted by Crippen LogP contribution is 2.25. The molecule has 1 saturated heterocycles. The number of hydrogen-bond acceptors (Lipinski definition) is 5. The first-order valence-electron chi connectivity index (χ1n) is 8.37. The zero-order chi connectivity index (χ0) is 14.5. The molecule has 1 saturated carbocycles. The molecule has 5 heteroatoms. The van der Waals surface area contributed by atoms with Crippen LogP contribution in [0.25, 0.3) is 0 Å². The van der Waals surface area contributed by atoms with Crippen molar-refractivity contribution in [2.45, 2.75) is 51.0 Å². The fourth-order valence-corrected chi connectivity index (χ4v) is 3.70.